The fourth-order valence-corrected chi connectivity index (χ4v) is 7.72. The summed E-state index contributed by atoms with van der Waals surface area (Å²) in [5, 5.41) is 19.8. The number of aromatic nitrogens is 2. The quantitative estimate of drug-likeness (QED) is 0.0418. The molecule has 2 aromatic carbocycles. The second-order valence-electron chi connectivity index (χ2n) is 16.9. The smallest absolute Gasteiger partial charge is 0.415 e. The zero-order valence-electron chi connectivity index (χ0n) is 38.2. The van der Waals surface area contributed by atoms with Gasteiger partial charge in [-0.25, -0.2) is 24.2 Å². The SMILES string of the molecule is C=CCc1c(OC(=O)N(C)CCN(C)C(=O)OCc2ccc(NC(=O)[C@H](CCCNC(N)=O)NC(=O)[C@@H](N)C(C)C)cc2)ccc2nc3c(cc12)Cn1c-3cc2c(c1=O)COC(=O)[C@]2(O)CC. The van der Waals surface area contributed by atoms with Crippen molar-refractivity contribution < 1.29 is 48.1 Å². The van der Waals surface area contributed by atoms with E-state index in [2.05, 4.69) is 22.5 Å². The molecule has 0 saturated heterocycles. The molecular formula is C47H57N9O11. The third-order valence-electron chi connectivity index (χ3n) is 11.9. The Morgan fingerprint density at radius 3 is 2.39 bits per heavy atom. The lowest BCUT2D eigenvalue weighted by molar-refractivity contribution is -0.172. The third kappa shape index (κ3) is 10.9. The molecule has 4 aromatic rings. The number of rotatable bonds is 18. The third-order valence-corrected chi connectivity index (χ3v) is 11.9. The van der Waals surface area contributed by atoms with E-state index < -0.39 is 53.7 Å². The fraction of sp³-hybridized carbons (Fsp3) is 0.404. The van der Waals surface area contributed by atoms with Gasteiger partial charge < -0.3 is 61.1 Å². The Morgan fingerprint density at radius 2 is 1.73 bits per heavy atom. The van der Waals surface area contributed by atoms with E-state index in [0.29, 0.717) is 51.9 Å². The first-order chi connectivity index (χ1) is 31.9. The van der Waals surface area contributed by atoms with Crippen molar-refractivity contribution in [2.75, 3.05) is 39.0 Å². The van der Waals surface area contributed by atoms with E-state index in [0.717, 1.165) is 5.56 Å². The molecule has 0 radical (unpaired) electrons. The van der Waals surface area contributed by atoms with E-state index in [-0.39, 0.29) is 80.6 Å². The molecule has 2 aliphatic heterocycles. The summed E-state index contributed by atoms with van der Waals surface area (Å²) in [7, 11) is 3.07. The fourth-order valence-electron chi connectivity index (χ4n) is 7.72. The number of primary amides is 1. The van der Waals surface area contributed by atoms with Crippen LogP contribution in [0.1, 0.15) is 67.9 Å². The summed E-state index contributed by atoms with van der Waals surface area (Å²) >= 11 is 0. The van der Waals surface area contributed by atoms with Crippen LogP contribution < -0.4 is 37.7 Å². The summed E-state index contributed by atoms with van der Waals surface area (Å²) in [5.41, 5.74) is 13.2. The molecule has 0 fully saturated rings. The molecule has 0 spiro atoms. The Labute approximate surface area is 386 Å². The van der Waals surface area contributed by atoms with Crippen molar-refractivity contribution in [2.24, 2.45) is 17.4 Å². The summed E-state index contributed by atoms with van der Waals surface area (Å²) in [6, 6.07) is 11.0. The van der Waals surface area contributed by atoms with E-state index in [1.54, 1.807) is 73.9 Å². The number of pyridine rings is 2. The molecule has 67 heavy (non-hydrogen) atoms. The Bertz CT molecular complexity index is 2650. The van der Waals surface area contributed by atoms with Gasteiger partial charge in [0.15, 0.2) is 5.60 Å². The number of nitrogens with zero attached hydrogens (tertiary/aromatic N) is 4. The van der Waals surface area contributed by atoms with Crippen molar-refractivity contribution in [1.29, 1.82) is 0 Å². The van der Waals surface area contributed by atoms with Gasteiger partial charge in [0, 0.05) is 61.5 Å². The summed E-state index contributed by atoms with van der Waals surface area (Å²) in [6.07, 6.45) is 1.29. The van der Waals surface area contributed by atoms with Crippen LogP contribution in [-0.4, -0.2) is 106 Å². The standard InChI is InChI=1S/C47H57N9O11/c1-7-10-30-31-21-28-23-56-36(22-33-32(42(56)59)25-65-43(60)47(33,64)8-2)39(28)52-34(31)16-17-37(30)67-46(63)55(6)20-19-54(5)45(62)66-24-27-12-14-29(15-13-27)51-40(57)35(11-9-18-50-44(49)61)53-41(58)38(48)26(3)4/h7,12-17,21-22,26,35,38,64H,1,8-11,18-20,23-25,48H2,2-6H3,(H,51,57)(H,53,58)(H3,49,50,61)/t35-,38-,47-/m0/s1. The monoisotopic (exact) mass is 923 g/mol. The number of cyclic esters (lactones) is 1. The Kier molecular flexibility index (Phi) is 15.3. The number of aliphatic hydroxyl groups is 1. The van der Waals surface area contributed by atoms with Gasteiger partial charge in [0.05, 0.1) is 35.1 Å². The number of esters is 1. The predicted molar refractivity (Wildman–Crippen MR) is 247 cm³/mol. The van der Waals surface area contributed by atoms with Crippen LogP contribution in [-0.2, 0) is 55.6 Å². The Balaban J connectivity index is 1.03. The summed E-state index contributed by atoms with van der Waals surface area (Å²) in [4.78, 5) is 96.9. The maximum Gasteiger partial charge on any atom is 0.415 e. The Morgan fingerprint density at radius 1 is 1.03 bits per heavy atom. The van der Waals surface area contributed by atoms with E-state index in [9.17, 15) is 38.7 Å². The van der Waals surface area contributed by atoms with Crippen LogP contribution >= 0.6 is 0 Å². The summed E-state index contributed by atoms with van der Waals surface area (Å²) in [6.45, 7) is 9.42. The van der Waals surface area contributed by atoms with E-state index >= 15 is 0 Å². The number of fused-ring (bicyclic) bond motifs is 5. The van der Waals surface area contributed by atoms with Crippen LogP contribution in [0.5, 0.6) is 5.75 Å². The lowest BCUT2D eigenvalue weighted by atomic mass is 9.86. The molecule has 6 amide bonds. The van der Waals surface area contributed by atoms with Gasteiger partial charge in [-0.3, -0.25) is 14.4 Å². The highest BCUT2D eigenvalue weighted by molar-refractivity contribution is 5.98. The molecule has 4 heterocycles. The molecular weight excluding hydrogens is 867 g/mol. The molecule has 2 aromatic heterocycles. The average Bonchev–Trinajstić information content (AvgIpc) is 3.67. The van der Waals surface area contributed by atoms with Crippen LogP contribution in [0.2, 0.25) is 0 Å². The largest absolute Gasteiger partial charge is 0.458 e. The maximum atomic E-state index is 13.6. The number of nitrogens with one attached hydrogen (secondary N) is 3. The van der Waals surface area contributed by atoms with E-state index in [4.69, 9.17) is 30.7 Å². The second-order valence-corrected chi connectivity index (χ2v) is 16.9. The van der Waals surface area contributed by atoms with E-state index in [1.165, 1.54) is 23.9 Å². The zero-order valence-corrected chi connectivity index (χ0v) is 38.2. The number of carbonyl (C=O) groups excluding carboxylic acids is 6. The second kappa shape index (κ2) is 20.9. The number of likely N-dealkylation sites (N-methyl/N-ethyl adjacent to an activating group) is 2. The molecule has 0 saturated carbocycles. The van der Waals surface area contributed by atoms with Crippen LogP contribution in [0.25, 0.3) is 22.3 Å². The molecule has 0 bridgehead atoms. The molecule has 20 nitrogen and oxygen atoms in total. The number of urea groups is 1. The van der Waals surface area contributed by atoms with Crippen LogP contribution in [0.3, 0.4) is 0 Å². The van der Waals surface area contributed by atoms with Crippen LogP contribution in [0.15, 0.2) is 66.0 Å². The minimum absolute atomic E-state index is 0.0270. The van der Waals surface area contributed by atoms with Crippen molar-refractivity contribution >= 4 is 52.6 Å². The lowest BCUT2D eigenvalue weighted by Crippen LogP contribution is -2.51. The van der Waals surface area contributed by atoms with Gasteiger partial charge in [-0.2, -0.15) is 0 Å². The molecule has 3 atom stereocenters. The minimum atomic E-state index is -1.95. The van der Waals surface area contributed by atoms with Crippen molar-refractivity contribution in [1.82, 2.24) is 30.0 Å². The molecule has 6 rings (SSSR count). The van der Waals surface area contributed by atoms with E-state index in [1.807, 2.05) is 6.07 Å². The highest BCUT2D eigenvalue weighted by Crippen LogP contribution is 2.40. The van der Waals surface area contributed by atoms with Gasteiger partial charge in [0.25, 0.3) is 5.56 Å². The number of allylic oxidation sites excluding steroid dienone is 1. The average molecular weight is 924 g/mol. The molecule has 356 valence electrons. The number of anilines is 1. The number of carbonyl (C=O) groups is 6. The maximum absolute atomic E-state index is 13.6. The topological polar surface area (TPSA) is 280 Å². The summed E-state index contributed by atoms with van der Waals surface area (Å²) in [5.74, 6) is -1.64. The zero-order chi connectivity index (χ0) is 48.7. The molecule has 8 N–H and O–H groups in total. The molecule has 0 aliphatic carbocycles. The molecule has 2 aliphatic rings. The van der Waals surface area contributed by atoms with Crippen molar-refractivity contribution in [2.45, 2.75) is 83.9 Å². The van der Waals surface area contributed by atoms with Crippen molar-refractivity contribution in [3.63, 3.8) is 0 Å². The summed E-state index contributed by atoms with van der Waals surface area (Å²) < 4.78 is 18.1. The van der Waals surface area contributed by atoms with Gasteiger partial charge in [-0.05, 0) is 73.6 Å². The van der Waals surface area contributed by atoms with Gasteiger partial charge in [-0.15, -0.1) is 6.58 Å². The van der Waals surface area contributed by atoms with Gasteiger partial charge in [-0.1, -0.05) is 39.0 Å². The predicted octanol–water partition coefficient (Wildman–Crippen LogP) is 3.36. The number of hydrogen-bond donors (Lipinski definition) is 6. The number of hydrogen-bond acceptors (Lipinski definition) is 13. The number of amides is 6. The number of benzene rings is 2. The first-order valence-electron chi connectivity index (χ1n) is 21.9. The van der Waals surface area contributed by atoms with Crippen molar-refractivity contribution in [3.8, 4) is 17.1 Å². The first-order valence-corrected chi connectivity index (χ1v) is 21.9. The van der Waals surface area contributed by atoms with Crippen molar-refractivity contribution in [3.05, 3.63) is 99.4 Å². The first kappa shape index (κ1) is 49.1. The highest BCUT2D eigenvalue weighted by atomic mass is 16.6. The lowest BCUT2D eigenvalue weighted by Gasteiger charge is -2.31. The number of ether oxygens (including phenoxy) is 3. The molecule has 0 unspecified atom stereocenters. The van der Waals surface area contributed by atoms with Gasteiger partial charge in [0.2, 0.25) is 11.8 Å². The normalized spacial score (nSPS) is 15.6. The molecule has 20 heteroatoms. The highest BCUT2D eigenvalue weighted by Gasteiger charge is 2.45. The Hall–Kier alpha value is -7.32. The minimum Gasteiger partial charge on any atom is -0.458 e. The van der Waals surface area contributed by atoms with Crippen LogP contribution in [0, 0.1) is 5.92 Å². The van der Waals surface area contributed by atoms with Gasteiger partial charge >= 0.3 is 24.2 Å². The van der Waals surface area contributed by atoms with Crippen LogP contribution in [0.4, 0.5) is 20.1 Å². The number of nitrogens with two attached hydrogens (primary N) is 2. The van der Waals surface area contributed by atoms with Gasteiger partial charge in [0.1, 0.15) is 25.0 Å².